The minimum atomic E-state index is -1.06. The van der Waals surface area contributed by atoms with Gasteiger partial charge in [-0.3, -0.25) is 9.59 Å². The number of rotatable bonds is 6. The Labute approximate surface area is 132 Å². The molecule has 8 heteroatoms. The second-order valence-corrected chi connectivity index (χ2v) is 5.00. The van der Waals surface area contributed by atoms with Crippen LogP contribution in [0.25, 0.3) is 0 Å². The van der Waals surface area contributed by atoms with Gasteiger partial charge >= 0.3 is 5.97 Å². The van der Waals surface area contributed by atoms with Crippen LogP contribution >= 0.6 is 0 Å². The van der Waals surface area contributed by atoms with Crippen molar-refractivity contribution >= 4 is 23.5 Å². The number of anilines is 1. The first-order valence-electron chi connectivity index (χ1n) is 7.12. The monoisotopic (exact) mass is 322 g/mol. The maximum absolute atomic E-state index is 12.0. The van der Waals surface area contributed by atoms with E-state index < -0.39 is 18.2 Å². The van der Waals surface area contributed by atoms with Crippen LogP contribution in [0.15, 0.2) is 24.3 Å². The van der Waals surface area contributed by atoms with Gasteiger partial charge < -0.3 is 25.2 Å². The van der Waals surface area contributed by atoms with Crippen molar-refractivity contribution in [1.29, 1.82) is 0 Å². The molecule has 1 aromatic carbocycles. The van der Waals surface area contributed by atoms with Crippen molar-refractivity contribution in [2.75, 3.05) is 19.0 Å². The Balaban J connectivity index is 1.85. The molecular weight excluding hydrogens is 304 g/mol. The summed E-state index contributed by atoms with van der Waals surface area (Å²) in [6.07, 6.45) is -0.998. The van der Waals surface area contributed by atoms with Gasteiger partial charge in [-0.1, -0.05) is 0 Å². The smallest absolute Gasteiger partial charge is 0.332 e. The summed E-state index contributed by atoms with van der Waals surface area (Å²) in [5.74, 6) is -1.19. The number of hydrogen-bond acceptors (Lipinski definition) is 5. The highest BCUT2D eigenvalue weighted by Crippen LogP contribution is 2.22. The van der Waals surface area contributed by atoms with Crippen LogP contribution in [0, 0.1) is 0 Å². The van der Waals surface area contributed by atoms with Gasteiger partial charge in [0.25, 0.3) is 11.8 Å². The number of hydrogen-bond donors (Lipinski definition) is 3. The number of nitrogens with one attached hydrogen (secondary N) is 2. The average Bonchev–Trinajstić information content (AvgIpc) is 3.04. The number of aliphatic carboxylic acids is 1. The molecule has 3 N–H and O–H groups in total. The molecule has 0 spiro atoms. The van der Waals surface area contributed by atoms with E-state index in [0.29, 0.717) is 24.3 Å². The van der Waals surface area contributed by atoms with E-state index in [1.165, 1.54) is 7.05 Å². The van der Waals surface area contributed by atoms with Crippen molar-refractivity contribution in [2.24, 2.45) is 0 Å². The normalized spacial score (nSPS) is 19.9. The lowest BCUT2D eigenvalue weighted by molar-refractivity contribution is -0.150. The Morgan fingerprint density at radius 3 is 2.43 bits per heavy atom. The van der Waals surface area contributed by atoms with E-state index in [2.05, 4.69) is 10.6 Å². The molecule has 8 nitrogen and oxygen atoms in total. The Morgan fingerprint density at radius 1 is 1.22 bits per heavy atom. The molecule has 2 amide bonds. The fourth-order valence-electron chi connectivity index (χ4n) is 2.09. The summed E-state index contributed by atoms with van der Waals surface area (Å²) in [7, 11) is 1.52. The third-order valence-corrected chi connectivity index (χ3v) is 3.36. The highest BCUT2D eigenvalue weighted by molar-refractivity contribution is 5.94. The lowest BCUT2D eigenvalue weighted by atomic mass is 10.2. The summed E-state index contributed by atoms with van der Waals surface area (Å²) in [6.45, 7) is -0.0886. The van der Waals surface area contributed by atoms with Crippen LogP contribution in [0.4, 0.5) is 5.69 Å². The minimum absolute atomic E-state index is 0.0886. The van der Waals surface area contributed by atoms with Crippen LogP contribution in [0.5, 0.6) is 5.75 Å². The van der Waals surface area contributed by atoms with Crippen molar-refractivity contribution < 1.29 is 29.0 Å². The van der Waals surface area contributed by atoms with E-state index in [9.17, 15) is 14.4 Å². The molecule has 0 aromatic heterocycles. The second-order valence-electron chi connectivity index (χ2n) is 5.00. The summed E-state index contributed by atoms with van der Waals surface area (Å²) in [5, 5.41) is 13.9. The zero-order valence-electron chi connectivity index (χ0n) is 12.6. The molecular formula is C15H18N2O6. The number of benzene rings is 1. The Morgan fingerprint density at radius 2 is 1.87 bits per heavy atom. The zero-order valence-corrected chi connectivity index (χ0v) is 12.6. The number of carboxylic acids is 1. The van der Waals surface area contributed by atoms with Gasteiger partial charge in [-0.25, -0.2) is 4.79 Å². The molecule has 2 atom stereocenters. The summed E-state index contributed by atoms with van der Waals surface area (Å²) in [4.78, 5) is 33.9. The van der Waals surface area contributed by atoms with Crippen molar-refractivity contribution in [3.05, 3.63) is 24.3 Å². The number of ether oxygens (including phenoxy) is 2. The van der Waals surface area contributed by atoms with Crippen LogP contribution in [0.1, 0.15) is 12.8 Å². The molecule has 2 rings (SSSR count). The molecule has 0 bridgehead atoms. The standard InChI is InChI=1S/C15H18N2O6/c1-16-13(18)8-22-10-4-2-9(3-5-10)17-14(19)11-6-7-12(23-11)15(20)21/h2-5,11-12H,6-8H2,1H3,(H,16,18)(H,17,19)(H,20,21)/t11-,12+/m0/s1. The Bertz CT molecular complexity index is 586. The largest absolute Gasteiger partial charge is 0.484 e. The second kappa shape index (κ2) is 7.59. The molecule has 0 saturated carbocycles. The molecule has 1 aromatic rings. The first-order chi connectivity index (χ1) is 11.0. The average molecular weight is 322 g/mol. The zero-order chi connectivity index (χ0) is 16.8. The highest BCUT2D eigenvalue weighted by Gasteiger charge is 2.34. The fourth-order valence-corrected chi connectivity index (χ4v) is 2.09. The van der Waals surface area contributed by atoms with Gasteiger partial charge in [-0.15, -0.1) is 0 Å². The first-order valence-corrected chi connectivity index (χ1v) is 7.12. The van der Waals surface area contributed by atoms with E-state index >= 15 is 0 Å². The lowest BCUT2D eigenvalue weighted by Crippen LogP contribution is -2.29. The van der Waals surface area contributed by atoms with E-state index in [4.69, 9.17) is 14.6 Å². The van der Waals surface area contributed by atoms with E-state index in [-0.39, 0.29) is 18.4 Å². The summed E-state index contributed by atoms with van der Waals surface area (Å²) in [5.41, 5.74) is 0.532. The predicted molar refractivity (Wildman–Crippen MR) is 80.2 cm³/mol. The van der Waals surface area contributed by atoms with Crippen LogP contribution in [-0.4, -0.2) is 48.8 Å². The van der Waals surface area contributed by atoms with Gasteiger partial charge in [-0.2, -0.15) is 0 Å². The van der Waals surface area contributed by atoms with Crippen LogP contribution in [-0.2, 0) is 19.1 Å². The molecule has 124 valence electrons. The van der Waals surface area contributed by atoms with Crippen molar-refractivity contribution in [1.82, 2.24) is 5.32 Å². The van der Waals surface area contributed by atoms with Crippen molar-refractivity contribution in [3.63, 3.8) is 0 Å². The summed E-state index contributed by atoms with van der Waals surface area (Å²) < 4.78 is 10.4. The summed E-state index contributed by atoms with van der Waals surface area (Å²) >= 11 is 0. The molecule has 0 unspecified atom stereocenters. The predicted octanol–water partition coefficient (Wildman–Crippen LogP) is 0.382. The van der Waals surface area contributed by atoms with Crippen molar-refractivity contribution in [3.8, 4) is 5.75 Å². The van der Waals surface area contributed by atoms with Gasteiger partial charge in [0.15, 0.2) is 12.7 Å². The lowest BCUT2D eigenvalue weighted by Gasteiger charge is -2.12. The molecule has 1 heterocycles. The minimum Gasteiger partial charge on any atom is -0.484 e. The van der Waals surface area contributed by atoms with E-state index in [1.54, 1.807) is 24.3 Å². The molecule has 1 aliphatic rings. The SMILES string of the molecule is CNC(=O)COc1ccc(NC(=O)[C@@H]2CC[C@H](C(=O)O)O2)cc1. The number of carboxylic acid groups (broad SMARTS) is 1. The maximum Gasteiger partial charge on any atom is 0.332 e. The highest BCUT2D eigenvalue weighted by atomic mass is 16.5. The van der Waals surface area contributed by atoms with Gasteiger partial charge in [-0.05, 0) is 37.1 Å². The van der Waals surface area contributed by atoms with E-state index in [0.717, 1.165) is 0 Å². The van der Waals surface area contributed by atoms with Gasteiger partial charge in [0, 0.05) is 12.7 Å². The molecule has 0 radical (unpaired) electrons. The van der Waals surface area contributed by atoms with Crippen LogP contribution in [0.2, 0.25) is 0 Å². The number of carbonyl (C=O) groups excluding carboxylic acids is 2. The van der Waals surface area contributed by atoms with Crippen LogP contribution < -0.4 is 15.4 Å². The molecule has 1 aliphatic heterocycles. The number of carbonyl (C=O) groups is 3. The topological polar surface area (TPSA) is 114 Å². The summed E-state index contributed by atoms with van der Waals surface area (Å²) in [6, 6.07) is 6.49. The Kier molecular flexibility index (Phi) is 5.53. The molecule has 1 saturated heterocycles. The van der Waals surface area contributed by atoms with E-state index in [1.807, 2.05) is 0 Å². The molecule has 1 fully saturated rings. The molecule has 23 heavy (non-hydrogen) atoms. The quantitative estimate of drug-likeness (QED) is 0.698. The van der Waals surface area contributed by atoms with Gasteiger partial charge in [0.2, 0.25) is 0 Å². The third-order valence-electron chi connectivity index (χ3n) is 3.36. The fraction of sp³-hybridized carbons (Fsp3) is 0.400. The number of likely N-dealkylation sites (N-methyl/N-ethyl adjacent to an activating group) is 1. The van der Waals surface area contributed by atoms with Gasteiger partial charge in [0.05, 0.1) is 0 Å². The first kappa shape index (κ1) is 16.8. The van der Waals surface area contributed by atoms with Gasteiger partial charge in [0.1, 0.15) is 11.9 Å². The number of amides is 2. The third kappa shape index (κ3) is 4.68. The van der Waals surface area contributed by atoms with Crippen LogP contribution in [0.3, 0.4) is 0 Å². The maximum atomic E-state index is 12.0. The van der Waals surface area contributed by atoms with Crippen molar-refractivity contribution in [2.45, 2.75) is 25.0 Å². The Hall–Kier alpha value is -2.61. The molecule has 0 aliphatic carbocycles.